The highest BCUT2D eigenvalue weighted by Crippen LogP contribution is 2.20. The molecule has 0 radical (unpaired) electrons. The number of nitrogens with zero attached hydrogens (tertiary/aromatic N) is 2. The molecule has 0 saturated carbocycles. The van der Waals surface area contributed by atoms with E-state index in [1.807, 2.05) is 48.8 Å². The maximum absolute atomic E-state index is 4.43. The Hall–Kier alpha value is -2.35. The first-order chi connectivity index (χ1) is 10.7. The molecule has 3 rings (SSSR count). The van der Waals surface area contributed by atoms with Crippen LogP contribution in [0.4, 0.5) is 0 Å². The van der Waals surface area contributed by atoms with Crippen LogP contribution in [-0.2, 0) is 0 Å². The van der Waals surface area contributed by atoms with Crippen molar-refractivity contribution < 1.29 is 0 Å². The summed E-state index contributed by atoms with van der Waals surface area (Å²) in [7, 11) is 0. The summed E-state index contributed by atoms with van der Waals surface area (Å²) in [6.45, 7) is 6.64. The van der Waals surface area contributed by atoms with Crippen molar-refractivity contribution in [2.75, 3.05) is 0 Å². The first kappa shape index (κ1) is 16.0. The van der Waals surface area contributed by atoms with E-state index in [0.717, 1.165) is 23.0 Å². The Morgan fingerprint density at radius 2 is 1.45 bits per heavy atom. The first-order valence-electron chi connectivity index (χ1n) is 7.86. The molecular weight excluding hydrogens is 268 g/mol. The molecule has 0 atom stereocenters. The Bertz CT molecular complexity index is 600. The van der Waals surface area contributed by atoms with E-state index in [-0.39, 0.29) is 0 Å². The minimum Gasteiger partial charge on any atom is -0.300 e. The van der Waals surface area contributed by atoms with Crippen molar-refractivity contribution in [1.29, 1.82) is 0 Å². The molecule has 0 aliphatic heterocycles. The molecule has 0 bridgehead atoms. The summed E-state index contributed by atoms with van der Waals surface area (Å²) >= 11 is 0. The van der Waals surface area contributed by atoms with Crippen LogP contribution in [0.25, 0.3) is 17.1 Å². The molecule has 2 aromatic carbocycles. The fourth-order valence-corrected chi connectivity index (χ4v) is 1.90. The fourth-order valence-electron chi connectivity index (χ4n) is 1.90. The molecule has 0 aliphatic rings. The van der Waals surface area contributed by atoms with Crippen LogP contribution in [-0.4, -0.2) is 9.55 Å². The summed E-state index contributed by atoms with van der Waals surface area (Å²) < 4.78 is 2.09. The first-order valence-corrected chi connectivity index (χ1v) is 7.86. The Kier molecular flexibility index (Phi) is 5.96. The maximum Gasteiger partial charge on any atom is 0.144 e. The molecule has 22 heavy (non-hydrogen) atoms. The fraction of sp³-hybridized carbons (Fsp3) is 0.250. The van der Waals surface area contributed by atoms with E-state index in [1.54, 1.807) is 0 Å². The molecule has 1 aromatic heterocycles. The van der Waals surface area contributed by atoms with Gasteiger partial charge in [-0.05, 0) is 18.1 Å². The molecule has 0 N–H and O–H groups in total. The molecule has 2 heteroatoms. The summed E-state index contributed by atoms with van der Waals surface area (Å²) in [5.41, 5.74) is 2.25. The molecule has 2 nitrogen and oxygen atoms in total. The summed E-state index contributed by atoms with van der Waals surface area (Å²) in [4.78, 5) is 4.43. The van der Waals surface area contributed by atoms with Crippen molar-refractivity contribution in [2.24, 2.45) is 5.92 Å². The van der Waals surface area contributed by atoms with Crippen LogP contribution in [0.3, 0.4) is 0 Å². The predicted octanol–water partition coefficient (Wildman–Crippen LogP) is 5.59. The highest BCUT2D eigenvalue weighted by Gasteiger charge is 2.05. The van der Waals surface area contributed by atoms with Gasteiger partial charge >= 0.3 is 0 Å². The molecule has 0 fully saturated rings. The minimum absolute atomic E-state index is 0.884. The Balaban J connectivity index is 0.000000309. The zero-order chi connectivity index (χ0) is 15.8. The average molecular weight is 292 g/mol. The smallest absolute Gasteiger partial charge is 0.144 e. The lowest BCUT2D eigenvalue weighted by Crippen LogP contribution is -1.95. The van der Waals surface area contributed by atoms with E-state index in [1.165, 1.54) is 6.42 Å². The average Bonchev–Trinajstić information content (AvgIpc) is 3.06. The largest absolute Gasteiger partial charge is 0.300 e. The quantitative estimate of drug-likeness (QED) is 0.615. The van der Waals surface area contributed by atoms with E-state index >= 15 is 0 Å². The van der Waals surface area contributed by atoms with Gasteiger partial charge in [-0.3, -0.25) is 4.57 Å². The van der Waals surface area contributed by atoms with Gasteiger partial charge in [-0.15, -0.1) is 0 Å². The van der Waals surface area contributed by atoms with Crippen LogP contribution in [0.2, 0.25) is 0 Å². The van der Waals surface area contributed by atoms with Crippen molar-refractivity contribution in [3.05, 3.63) is 73.1 Å². The van der Waals surface area contributed by atoms with Crippen molar-refractivity contribution >= 4 is 0 Å². The third-order valence-electron chi connectivity index (χ3n) is 3.52. The highest BCUT2D eigenvalue weighted by molar-refractivity contribution is 5.58. The number of rotatable bonds is 3. The molecule has 0 unspecified atom stereocenters. The number of aromatic nitrogens is 2. The lowest BCUT2D eigenvalue weighted by atomic mass is 10.2. The second kappa shape index (κ2) is 8.18. The zero-order valence-electron chi connectivity index (χ0n) is 13.6. The maximum atomic E-state index is 4.43. The number of imidazole rings is 1. The van der Waals surface area contributed by atoms with Crippen molar-refractivity contribution in [3.63, 3.8) is 0 Å². The van der Waals surface area contributed by atoms with Gasteiger partial charge in [0.15, 0.2) is 0 Å². The molecule has 3 aromatic rings. The second-order valence-corrected chi connectivity index (χ2v) is 5.62. The third-order valence-corrected chi connectivity index (χ3v) is 3.52. The summed E-state index contributed by atoms with van der Waals surface area (Å²) in [6, 6.07) is 20.4. The van der Waals surface area contributed by atoms with Gasteiger partial charge in [0.1, 0.15) is 5.82 Å². The summed E-state index contributed by atoms with van der Waals surface area (Å²) in [5, 5.41) is 0. The van der Waals surface area contributed by atoms with Gasteiger partial charge in [0, 0.05) is 23.6 Å². The van der Waals surface area contributed by atoms with Crippen LogP contribution in [0.5, 0.6) is 0 Å². The van der Waals surface area contributed by atoms with Crippen LogP contribution in [0.1, 0.15) is 27.2 Å². The predicted molar refractivity (Wildman–Crippen MR) is 94.1 cm³/mol. The Morgan fingerprint density at radius 1 is 0.909 bits per heavy atom. The van der Waals surface area contributed by atoms with Gasteiger partial charge in [0.2, 0.25) is 0 Å². The number of hydrogen-bond acceptors (Lipinski definition) is 1. The highest BCUT2D eigenvalue weighted by atomic mass is 15.1. The lowest BCUT2D eigenvalue weighted by Gasteiger charge is -2.07. The summed E-state index contributed by atoms with van der Waals surface area (Å²) in [5.74, 6) is 1.85. The zero-order valence-corrected chi connectivity index (χ0v) is 13.6. The molecule has 0 saturated heterocycles. The van der Waals surface area contributed by atoms with Crippen LogP contribution >= 0.6 is 0 Å². The van der Waals surface area contributed by atoms with Gasteiger partial charge in [0.05, 0.1) is 0 Å². The molecule has 0 amide bonds. The summed E-state index contributed by atoms with van der Waals surface area (Å²) in [6.07, 6.45) is 5.12. The Labute approximate surface area is 133 Å². The van der Waals surface area contributed by atoms with E-state index < -0.39 is 0 Å². The molecule has 0 aliphatic carbocycles. The van der Waals surface area contributed by atoms with Gasteiger partial charge in [-0.1, -0.05) is 75.7 Å². The van der Waals surface area contributed by atoms with Crippen molar-refractivity contribution in [1.82, 2.24) is 9.55 Å². The van der Waals surface area contributed by atoms with Gasteiger partial charge in [-0.2, -0.15) is 0 Å². The number of para-hydroxylation sites is 1. The minimum atomic E-state index is 0.884. The topological polar surface area (TPSA) is 17.8 Å². The van der Waals surface area contributed by atoms with E-state index in [0.29, 0.717) is 0 Å². The van der Waals surface area contributed by atoms with E-state index in [4.69, 9.17) is 0 Å². The normalized spacial score (nSPS) is 10.2. The van der Waals surface area contributed by atoms with E-state index in [9.17, 15) is 0 Å². The second-order valence-electron chi connectivity index (χ2n) is 5.62. The van der Waals surface area contributed by atoms with Crippen LogP contribution < -0.4 is 0 Å². The van der Waals surface area contributed by atoms with Gasteiger partial charge in [0.25, 0.3) is 0 Å². The standard InChI is InChI=1S/C15H12N2.C5H12/c1-3-7-13(8-4-1)15-16-11-12-17(15)14-9-5-2-6-10-14;1-4-5(2)3/h1-12H;5H,4H2,1-3H3. The molecule has 114 valence electrons. The van der Waals surface area contributed by atoms with Gasteiger partial charge < -0.3 is 0 Å². The van der Waals surface area contributed by atoms with Crippen LogP contribution in [0, 0.1) is 5.92 Å². The van der Waals surface area contributed by atoms with Crippen molar-refractivity contribution in [3.8, 4) is 17.1 Å². The van der Waals surface area contributed by atoms with Crippen molar-refractivity contribution in [2.45, 2.75) is 27.2 Å². The molecule has 1 heterocycles. The number of hydrogen-bond donors (Lipinski definition) is 0. The molecule has 0 spiro atoms. The van der Waals surface area contributed by atoms with Gasteiger partial charge in [-0.25, -0.2) is 4.98 Å². The third kappa shape index (κ3) is 4.32. The lowest BCUT2D eigenvalue weighted by molar-refractivity contribution is 0.626. The number of benzene rings is 2. The van der Waals surface area contributed by atoms with E-state index in [2.05, 4.69) is 54.6 Å². The molecular formula is C20H24N2. The monoisotopic (exact) mass is 292 g/mol. The van der Waals surface area contributed by atoms with Crippen LogP contribution in [0.15, 0.2) is 73.1 Å². The SMILES string of the molecule is CCC(C)C.c1ccc(-c2nccn2-c2ccccc2)cc1. The Morgan fingerprint density at radius 3 is 2.00 bits per heavy atom.